The van der Waals surface area contributed by atoms with E-state index in [1.54, 1.807) is 11.8 Å². The fraction of sp³-hybridized carbons (Fsp3) is 0.188. The number of amidine groups is 1. The highest BCUT2D eigenvalue weighted by atomic mass is 35.5. The number of nitrogens with one attached hydrogen (secondary N) is 1. The zero-order valence-corrected chi connectivity index (χ0v) is 13.7. The maximum atomic E-state index is 5.98. The molecule has 1 heterocycles. The number of nitrogens with zero attached hydrogens (tertiary/aromatic N) is 1. The van der Waals surface area contributed by atoms with Crippen LogP contribution in [0.4, 0.5) is 0 Å². The van der Waals surface area contributed by atoms with Crippen molar-refractivity contribution in [3.63, 3.8) is 0 Å². The van der Waals surface area contributed by atoms with E-state index in [2.05, 4.69) is 5.32 Å². The Labute approximate surface area is 138 Å². The van der Waals surface area contributed by atoms with Gasteiger partial charge in [-0.15, -0.1) is 0 Å². The molecule has 2 nitrogen and oxygen atoms in total. The Morgan fingerprint density at radius 3 is 1.95 bits per heavy atom. The van der Waals surface area contributed by atoms with Crippen LogP contribution in [0.25, 0.3) is 0 Å². The Morgan fingerprint density at radius 2 is 1.43 bits per heavy atom. The zero-order chi connectivity index (χ0) is 14.8. The van der Waals surface area contributed by atoms with Crippen molar-refractivity contribution in [3.8, 4) is 0 Å². The van der Waals surface area contributed by atoms with Gasteiger partial charge in [0.05, 0.1) is 6.04 Å². The van der Waals surface area contributed by atoms with Gasteiger partial charge in [-0.1, -0.05) is 59.2 Å². The lowest BCUT2D eigenvalue weighted by Gasteiger charge is -2.19. The van der Waals surface area contributed by atoms with E-state index < -0.39 is 0 Å². The Kier molecular flexibility index (Phi) is 4.43. The van der Waals surface area contributed by atoms with Crippen LogP contribution < -0.4 is 5.32 Å². The van der Waals surface area contributed by atoms with Gasteiger partial charge in [-0.3, -0.25) is 4.99 Å². The molecule has 21 heavy (non-hydrogen) atoms. The first kappa shape index (κ1) is 14.8. The van der Waals surface area contributed by atoms with Gasteiger partial charge < -0.3 is 5.32 Å². The largest absolute Gasteiger partial charge is 0.356 e. The van der Waals surface area contributed by atoms with E-state index in [0.717, 1.165) is 20.8 Å². The molecule has 0 unspecified atom stereocenters. The lowest BCUT2D eigenvalue weighted by molar-refractivity contribution is 0.573. The van der Waals surface area contributed by atoms with Crippen LogP contribution in [-0.4, -0.2) is 11.4 Å². The number of hydrogen-bond donors (Lipinski definition) is 1. The minimum atomic E-state index is 0.0471. The van der Waals surface area contributed by atoms with E-state index in [0.29, 0.717) is 0 Å². The van der Waals surface area contributed by atoms with Crippen molar-refractivity contribution in [2.24, 2.45) is 4.99 Å². The third kappa shape index (κ3) is 3.20. The monoisotopic (exact) mass is 336 g/mol. The summed E-state index contributed by atoms with van der Waals surface area (Å²) in [5.41, 5.74) is 2.32. The first-order valence-corrected chi connectivity index (χ1v) is 8.54. The van der Waals surface area contributed by atoms with Gasteiger partial charge in [0.2, 0.25) is 0 Å². The number of benzene rings is 2. The second kappa shape index (κ2) is 6.30. The van der Waals surface area contributed by atoms with Gasteiger partial charge in [0, 0.05) is 10.0 Å². The van der Waals surface area contributed by atoms with Crippen LogP contribution in [0.5, 0.6) is 0 Å². The minimum Gasteiger partial charge on any atom is -0.356 e. The molecule has 3 rings (SSSR count). The lowest BCUT2D eigenvalue weighted by atomic mass is 9.95. The maximum Gasteiger partial charge on any atom is 0.157 e. The number of hydrogen-bond acceptors (Lipinski definition) is 3. The number of halogens is 2. The van der Waals surface area contributed by atoms with Crippen LogP contribution in [-0.2, 0) is 0 Å². The predicted molar refractivity (Wildman–Crippen MR) is 92.5 cm³/mol. The average Bonchev–Trinajstić information content (AvgIpc) is 2.93. The Morgan fingerprint density at radius 1 is 0.905 bits per heavy atom. The van der Waals surface area contributed by atoms with E-state index in [1.807, 2.05) is 54.8 Å². The summed E-state index contributed by atoms with van der Waals surface area (Å²) in [5.74, 6) is 0. The molecule has 5 heteroatoms. The second-order valence-corrected chi connectivity index (χ2v) is 6.48. The maximum absolute atomic E-state index is 5.98. The lowest BCUT2D eigenvalue weighted by Crippen LogP contribution is -2.22. The SMILES string of the molecule is CSC1=N[C@H](c2ccc(Cl)cc2)[C@@H](c2ccc(Cl)cc2)N1. The van der Waals surface area contributed by atoms with Gasteiger partial charge >= 0.3 is 0 Å². The molecular formula is C16H14Cl2N2S. The molecular weight excluding hydrogens is 323 g/mol. The number of rotatable bonds is 2. The van der Waals surface area contributed by atoms with E-state index in [9.17, 15) is 0 Å². The molecule has 0 saturated carbocycles. The zero-order valence-electron chi connectivity index (χ0n) is 11.4. The highest BCUT2D eigenvalue weighted by Crippen LogP contribution is 2.38. The summed E-state index contributed by atoms with van der Waals surface area (Å²) in [6, 6.07) is 15.9. The van der Waals surface area contributed by atoms with Crippen LogP contribution in [0.2, 0.25) is 10.0 Å². The molecule has 0 spiro atoms. The molecule has 0 radical (unpaired) electrons. The van der Waals surface area contributed by atoms with E-state index in [1.165, 1.54) is 5.56 Å². The standard InChI is InChI=1S/C16H14Cl2N2S/c1-21-16-19-14(10-2-6-12(17)7-3-10)15(20-16)11-4-8-13(18)9-5-11/h2-9,14-15H,1H3,(H,19,20)/t14-,15-/m1/s1. The molecule has 1 aliphatic rings. The number of aliphatic imine (C=N–C) groups is 1. The molecule has 1 aliphatic heterocycles. The molecule has 1 N–H and O–H groups in total. The van der Waals surface area contributed by atoms with Crippen molar-refractivity contribution in [1.82, 2.24) is 5.32 Å². The van der Waals surface area contributed by atoms with Gasteiger partial charge in [-0.05, 0) is 41.6 Å². The highest BCUT2D eigenvalue weighted by molar-refractivity contribution is 8.13. The topological polar surface area (TPSA) is 24.4 Å². The molecule has 0 bridgehead atoms. The smallest absolute Gasteiger partial charge is 0.157 e. The summed E-state index contributed by atoms with van der Waals surface area (Å²) in [7, 11) is 0. The van der Waals surface area contributed by atoms with Crippen LogP contribution >= 0.6 is 35.0 Å². The van der Waals surface area contributed by atoms with Crippen molar-refractivity contribution >= 4 is 40.1 Å². The first-order valence-electron chi connectivity index (χ1n) is 6.56. The van der Waals surface area contributed by atoms with Crippen LogP contribution in [0, 0.1) is 0 Å². The molecule has 2 aromatic carbocycles. The van der Waals surface area contributed by atoms with Crippen LogP contribution in [0.1, 0.15) is 23.2 Å². The molecule has 108 valence electrons. The summed E-state index contributed by atoms with van der Waals surface area (Å²) < 4.78 is 0. The van der Waals surface area contributed by atoms with E-state index in [-0.39, 0.29) is 12.1 Å². The fourth-order valence-corrected chi connectivity index (χ4v) is 3.14. The van der Waals surface area contributed by atoms with Crippen molar-refractivity contribution < 1.29 is 0 Å². The van der Waals surface area contributed by atoms with Crippen molar-refractivity contribution in [1.29, 1.82) is 0 Å². The third-order valence-corrected chi connectivity index (χ3v) is 4.60. The van der Waals surface area contributed by atoms with Gasteiger partial charge in [0.25, 0.3) is 0 Å². The first-order chi connectivity index (χ1) is 10.2. The summed E-state index contributed by atoms with van der Waals surface area (Å²) >= 11 is 13.6. The minimum absolute atomic E-state index is 0.0471. The summed E-state index contributed by atoms with van der Waals surface area (Å²) in [6.07, 6.45) is 2.02. The Hall–Kier alpha value is -1.16. The molecule has 0 aliphatic carbocycles. The molecule has 2 atom stereocenters. The molecule has 0 fully saturated rings. The third-order valence-electron chi connectivity index (χ3n) is 3.49. The van der Waals surface area contributed by atoms with Crippen molar-refractivity contribution in [2.75, 3.05) is 6.26 Å². The quantitative estimate of drug-likeness (QED) is 0.825. The normalized spacial score (nSPS) is 21.0. The Bertz CT molecular complexity index is 653. The predicted octanol–water partition coefficient (Wildman–Crippen LogP) is 5.10. The summed E-state index contributed by atoms with van der Waals surface area (Å²) in [4.78, 5) is 4.78. The molecule has 2 aromatic rings. The van der Waals surface area contributed by atoms with Gasteiger partial charge in [0.15, 0.2) is 5.17 Å². The van der Waals surface area contributed by atoms with Gasteiger partial charge in [-0.25, -0.2) is 0 Å². The van der Waals surface area contributed by atoms with Crippen LogP contribution in [0.15, 0.2) is 53.5 Å². The summed E-state index contributed by atoms with van der Waals surface area (Å²) in [6.45, 7) is 0. The molecule has 0 amide bonds. The van der Waals surface area contributed by atoms with Gasteiger partial charge in [0.1, 0.15) is 6.04 Å². The van der Waals surface area contributed by atoms with E-state index >= 15 is 0 Å². The second-order valence-electron chi connectivity index (χ2n) is 4.81. The Balaban J connectivity index is 1.95. The number of thioether (sulfide) groups is 1. The molecule has 0 aromatic heterocycles. The van der Waals surface area contributed by atoms with Crippen LogP contribution in [0.3, 0.4) is 0 Å². The van der Waals surface area contributed by atoms with E-state index in [4.69, 9.17) is 28.2 Å². The van der Waals surface area contributed by atoms with Gasteiger partial charge in [-0.2, -0.15) is 0 Å². The highest BCUT2D eigenvalue weighted by Gasteiger charge is 2.30. The van der Waals surface area contributed by atoms with Crippen molar-refractivity contribution in [3.05, 3.63) is 69.7 Å². The molecule has 0 saturated heterocycles. The fourth-order valence-electron chi connectivity index (χ4n) is 2.42. The van der Waals surface area contributed by atoms with Crippen molar-refractivity contribution in [2.45, 2.75) is 12.1 Å². The summed E-state index contributed by atoms with van der Waals surface area (Å²) in [5, 5.41) is 5.91. The average molecular weight is 337 g/mol.